The lowest BCUT2D eigenvalue weighted by molar-refractivity contribution is 0.0931. The van der Waals surface area contributed by atoms with Crippen LogP contribution < -0.4 is 16.6 Å². The molecule has 0 aliphatic carbocycles. The molecule has 1 aromatic rings. The normalized spacial score (nSPS) is 14.2. The van der Waals surface area contributed by atoms with Gasteiger partial charge in [-0.2, -0.15) is 5.10 Å². The number of nitrogens with one attached hydrogen (secondary N) is 2. The first-order chi connectivity index (χ1) is 7.50. The molecule has 1 rings (SSSR count). The lowest BCUT2D eigenvalue weighted by atomic mass is 10.2. The average molecular weight is 226 g/mol. The first-order valence-corrected chi connectivity index (χ1v) is 4.78. The van der Waals surface area contributed by atoms with E-state index in [9.17, 15) is 9.59 Å². The van der Waals surface area contributed by atoms with Crippen molar-refractivity contribution in [3.8, 4) is 0 Å². The predicted molar refractivity (Wildman–Crippen MR) is 56.8 cm³/mol. The summed E-state index contributed by atoms with van der Waals surface area (Å²) in [5, 5.41) is 17.3. The number of rotatable bonds is 4. The topological polar surface area (TPSA) is 121 Å². The summed E-state index contributed by atoms with van der Waals surface area (Å²) in [5.74, 6) is -0.452. The van der Waals surface area contributed by atoms with Crippen LogP contribution in [0.5, 0.6) is 0 Å². The number of hydrogen-bond acceptors (Lipinski definition) is 5. The monoisotopic (exact) mass is 226 g/mol. The highest BCUT2D eigenvalue weighted by Crippen LogP contribution is 1.90. The maximum atomic E-state index is 11.5. The van der Waals surface area contributed by atoms with Crippen LogP contribution in [0.25, 0.3) is 0 Å². The summed E-state index contributed by atoms with van der Waals surface area (Å²) in [7, 11) is 0. The molecule has 2 atom stereocenters. The van der Waals surface area contributed by atoms with Crippen LogP contribution in [0.15, 0.2) is 16.9 Å². The van der Waals surface area contributed by atoms with E-state index in [0.717, 1.165) is 0 Å². The largest absolute Gasteiger partial charge is 0.392 e. The summed E-state index contributed by atoms with van der Waals surface area (Å²) in [6.45, 7) is 1.67. The Balaban J connectivity index is 2.53. The number of aromatic amines is 1. The van der Waals surface area contributed by atoms with Gasteiger partial charge in [-0.25, -0.2) is 5.10 Å². The Bertz CT molecular complexity index is 395. The number of hydrogen-bond donors (Lipinski definition) is 4. The summed E-state index contributed by atoms with van der Waals surface area (Å²) < 4.78 is 0. The van der Waals surface area contributed by atoms with Crippen molar-refractivity contribution in [1.82, 2.24) is 15.5 Å². The Hall–Kier alpha value is -1.73. The van der Waals surface area contributed by atoms with Gasteiger partial charge < -0.3 is 16.2 Å². The Morgan fingerprint density at radius 1 is 1.69 bits per heavy atom. The maximum Gasteiger partial charge on any atom is 0.271 e. The average Bonchev–Trinajstić information content (AvgIpc) is 2.26. The number of H-pyrrole nitrogens is 1. The molecule has 0 fully saturated rings. The van der Waals surface area contributed by atoms with Crippen LogP contribution in [0.2, 0.25) is 0 Å². The molecule has 5 N–H and O–H groups in total. The number of carbonyl (C=O) groups excluding carboxylic acids is 1. The first-order valence-electron chi connectivity index (χ1n) is 4.78. The summed E-state index contributed by atoms with van der Waals surface area (Å²) in [6.07, 6.45) is -0.705. The van der Waals surface area contributed by atoms with Crippen LogP contribution in [0.1, 0.15) is 17.4 Å². The second kappa shape index (κ2) is 5.38. The van der Waals surface area contributed by atoms with Crippen LogP contribution in [-0.4, -0.2) is 39.9 Å². The van der Waals surface area contributed by atoms with E-state index in [1.165, 1.54) is 19.1 Å². The van der Waals surface area contributed by atoms with Crippen LogP contribution >= 0.6 is 0 Å². The highest BCUT2D eigenvalue weighted by Gasteiger charge is 2.12. The maximum absolute atomic E-state index is 11.5. The van der Waals surface area contributed by atoms with Crippen LogP contribution in [0.4, 0.5) is 0 Å². The lowest BCUT2D eigenvalue weighted by Crippen LogP contribution is -2.43. The minimum atomic E-state index is -0.705. The fraction of sp³-hybridized carbons (Fsp3) is 0.444. The van der Waals surface area contributed by atoms with Crippen molar-refractivity contribution in [2.45, 2.75) is 19.1 Å². The van der Waals surface area contributed by atoms with Gasteiger partial charge in [0.15, 0.2) is 0 Å². The molecule has 0 saturated carbocycles. The smallest absolute Gasteiger partial charge is 0.271 e. The Kier molecular flexibility index (Phi) is 4.15. The van der Waals surface area contributed by atoms with Gasteiger partial charge in [0.05, 0.1) is 6.10 Å². The van der Waals surface area contributed by atoms with Crippen molar-refractivity contribution in [1.29, 1.82) is 0 Å². The van der Waals surface area contributed by atoms with Gasteiger partial charge in [0.2, 0.25) is 0 Å². The molecular formula is C9H14N4O3. The summed E-state index contributed by atoms with van der Waals surface area (Å²) in [5.41, 5.74) is 5.24. The number of carbonyl (C=O) groups is 1. The van der Waals surface area contributed by atoms with Gasteiger partial charge in [0.25, 0.3) is 11.5 Å². The molecule has 0 radical (unpaired) electrons. The molecule has 88 valence electrons. The van der Waals surface area contributed by atoms with Gasteiger partial charge in [-0.05, 0) is 13.0 Å². The molecule has 1 amide bonds. The molecule has 0 bridgehead atoms. The Labute approximate surface area is 91.7 Å². The molecule has 1 heterocycles. The fourth-order valence-corrected chi connectivity index (χ4v) is 0.943. The van der Waals surface area contributed by atoms with Gasteiger partial charge in [0.1, 0.15) is 5.69 Å². The molecule has 7 heteroatoms. The van der Waals surface area contributed by atoms with Crippen LogP contribution in [0.3, 0.4) is 0 Å². The zero-order chi connectivity index (χ0) is 12.1. The Morgan fingerprint density at radius 3 is 2.88 bits per heavy atom. The third-order valence-electron chi connectivity index (χ3n) is 2.03. The highest BCUT2D eigenvalue weighted by molar-refractivity contribution is 5.91. The van der Waals surface area contributed by atoms with E-state index in [2.05, 4.69) is 15.5 Å². The molecule has 1 aromatic heterocycles. The van der Waals surface area contributed by atoms with E-state index in [1.807, 2.05) is 0 Å². The number of aliphatic hydroxyl groups excluding tert-OH is 1. The highest BCUT2D eigenvalue weighted by atomic mass is 16.3. The summed E-state index contributed by atoms with van der Waals surface area (Å²) in [6, 6.07) is 1.98. The minimum Gasteiger partial charge on any atom is -0.392 e. The number of aromatic nitrogens is 2. The van der Waals surface area contributed by atoms with Crippen molar-refractivity contribution in [2.75, 3.05) is 6.54 Å². The molecule has 16 heavy (non-hydrogen) atoms. The molecule has 0 aliphatic heterocycles. The van der Waals surface area contributed by atoms with Crippen molar-refractivity contribution in [3.05, 3.63) is 28.2 Å². The molecule has 0 aliphatic rings. The van der Waals surface area contributed by atoms with Crippen molar-refractivity contribution >= 4 is 5.91 Å². The van der Waals surface area contributed by atoms with Crippen molar-refractivity contribution < 1.29 is 9.90 Å². The second-order valence-corrected chi connectivity index (χ2v) is 3.42. The lowest BCUT2D eigenvalue weighted by Gasteiger charge is -2.14. The fourth-order valence-electron chi connectivity index (χ4n) is 0.943. The summed E-state index contributed by atoms with van der Waals surface area (Å²) in [4.78, 5) is 22.1. The number of nitrogens with two attached hydrogens (primary N) is 1. The molecule has 0 aromatic carbocycles. The van der Waals surface area contributed by atoms with Crippen LogP contribution in [-0.2, 0) is 0 Å². The van der Waals surface area contributed by atoms with E-state index in [1.54, 1.807) is 0 Å². The molecule has 7 nitrogen and oxygen atoms in total. The summed E-state index contributed by atoms with van der Waals surface area (Å²) >= 11 is 0. The van der Waals surface area contributed by atoms with E-state index in [-0.39, 0.29) is 17.8 Å². The molecule has 0 saturated heterocycles. The van der Waals surface area contributed by atoms with Gasteiger partial charge in [-0.15, -0.1) is 0 Å². The van der Waals surface area contributed by atoms with Crippen LogP contribution in [0, 0.1) is 0 Å². The zero-order valence-corrected chi connectivity index (χ0v) is 8.80. The van der Waals surface area contributed by atoms with Gasteiger partial charge in [-0.1, -0.05) is 0 Å². The number of nitrogens with zero attached hydrogens (tertiary/aromatic N) is 1. The van der Waals surface area contributed by atoms with E-state index in [0.29, 0.717) is 0 Å². The number of aliphatic hydroxyl groups is 1. The SMILES string of the molecule is CC(O)C(N)CNC(=O)c1ccc(=O)[nH]n1. The number of amides is 1. The standard InChI is InChI=1S/C9H14N4O3/c1-5(14)6(10)4-11-9(16)7-2-3-8(15)13-12-7/h2-3,5-6,14H,4,10H2,1H3,(H,11,16)(H,13,15). The molecule has 2 unspecified atom stereocenters. The minimum absolute atomic E-state index is 0.0948. The Morgan fingerprint density at radius 2 is 2.38 bits per heavy atom. The second-order valence-electron chi connectivity index (χ2n) is 3.42. The van der Waals surface area contributed by atoms with Crippen molar-refractivity contribution in [3.63, 3.8) is 0 Å². The molecular weight excluding hydrogens is 212 g/mol. The van der Waals surface area contributed by atoms with E-state index >= 15 is 0 Å². The van der Waals surface area contributed by atoms with Gasteiger partial charge >= 0.3 is 0 Å². The van der Waals surface area contributed by atoms with Gasteiger partial charge in [-0.3, -0.25) is 9.59 Å². The third-order valence-corrected chi connectivity index (χ3v) is 2.03. The van der Waals surface area contributed by atoms with E-state index in [4.69, 9.17) is 10.8 Å². The van der Waals surface area contributed by atoms with Crippen molar-refractivity contribution in [2.24, 2.45) is 5.73 Å². The third kappa shape index (κ3) is 3.44. The first kappa shape index (κ1) is 12.3. The molecule has 0 spiro atoms. The quantitative estimate of drug-likeness (QED) is 0.483. The zero-order valence-electron chi connectivity index (χ0n) is 8.80. The van der Waals surface area contributed by atoms with E-state index < -0.39 is 18.1 Å². The van der Waals surface area contributed by atoms with Gasteiger partial charge in [0, 0.05) is 18.7 Å². The predicted octanol–water partition coefficient (Wildman–Crippen LogP) is -1.79.